The van der Waals surface area contributed by atoms with Crippen LogP contribution in [0.2, 0.25) is 0 Å². The van der Waals surface area contributed by atoms with Crippen molar-refractivity contribution in [2.24, 2.45) is 5.92 Å². The Hall–Kier alpha value is -1.92. The number of aliphatic hydroxyl groups is 1. The van der Waals surface area contributed by atoms with E-state index in [1.54, 1.807) is 4.90 Å². The zero-order valence-electron chi connectivity index (χ0n) is 15.6. The third-order valence-electron chi connectivity index (χ3n) is 5.61. The lowest BCUT2D eigenvalue weighted by Crippen LogP contribution is -2.49. The average molecular weight is 359 g/mol. The molecule has 1 saturated heterocycles. The van der Waals surface area contributed by atoms with E-state index in [-0.39, 0.29) is 23.8 Å². The Bertz CT molecular complexity index is 663. The summed E-state index contributed by atoms with van der Waals surface area (Å²) < 4.78 is 0. The molecular formula is C20H29N3O3. The van der Waals surface area contributed by atoms with Crippen molar-refractivity contribution >= 4 is 17.5 Å². The Morgan fingerprint density at radius 1 is 1.38 bits per heavy atom. The smallest absolute Gasteiger partial charge is 0.247 e. The summed E-state index contributed by atoms with van der Waals surface area (Å²) in [6, 6.07) is 7.23. The van der Waals surface area contributed by atoms with E-state index < -0.39 is 6.04 Å². The number of amides is 2. The summed E-state index contributed by atoms with van der Waals surface area (Å²) in [6.45, 7) is 6.60. The van der Waals surface area contributed by atoms with Crippen molar-refractivity contribution in [2.45, 2.75) is 51.8 Å². The molecule has 26 heavy (non-hydrogen) atoms. The van der Waals surface area contributed by atoms with E-state index in [9.17, 15) is 14.7 Å². The van der Waals surface area contributed by atoms with Crippen molar-refractivity contribution in [3.8, 4) is 0 Å². The highest BCUT2D eigenvalue weighted by Gasteiger charge is 2.36. The fourth-order valence-corrected chi connectivity index (χ4v) is 3.86. The van der Waals surface area contributed by atoms with Gasteiger partial charge in [-0.25, -0.2) is 0 Å². The summed E-state index contributed by atoms with van der Waals surface area (Å²) in [6.07, 6.45) is 1.68. The van der Waals surface area contributed by atoms with Crippen LogP contribution in [0.25, 0.3) is 0 Å². The van der Waals surface area contributed by atoms with Gasteiger partial charge in [-0.1, -0.05) is 38.5 Å². The number of nitrogens with zero attached hydrogens (tertiary/aromatic N) is 2. The van der Waals surface area contributed by atoms with Crippen molar-refractivity contribution in [3.05, 3.63) is 29.8 Å². The highest BCUT2D eigenvalue weighted by Crippen LogP contribution is 2.27. The van der Waals surface area contributed by atoms with Crippen LogP contribution in [0, 0.1) is 5.92 Å². The lowest BCUT2D eigenvalue weighted by molar-refractivity contribution is -0.141. The van der Waals surface area contributed by atoms with Crippen LogP contribution in [0.4, 0.5) is 5.69 Å². The number of hydrogen-bond donors (Lipinski definition) is 2. The van der Waals surface area contributed by atoms with Crippen LogP contribution in [0.15, 0.2) is 24.3 Å². The van der Waals surface area contributed by atoms with E-state index in [0.29, 0.717) is 26.1 Å². The minimum absolute atomic E-state index is 0.00328. The summed E-state index contributed by atoms with van der Waals surface area (Å²) in [4.78, 5) is 29.7. The molecule has 1 aromatic carbocycles. The Morgan fingerprint density at radius 3 is 2.85 bits per heavy atom. The molecule has 2 aliphatic rings. The number of β-amino-alcohol motifs (C(OH)–C–C–N with tert-alkyl or cyclic N) is 1. The van der Waals surface area contributed by atoms with Crippen LogP contribution in [0.3, 0.4) is 0 Å². The zero-order valence-corrected chi connectivity index (χ0v) is 15.6. The van der Waals surface area contributed by atoms with E-state index in [1.165, 1.54) is 0 Å². The van der Waals surface area contributed by atoms with Gasteiger partial charge in [-0.2, -0.15) is 0 Å². The molecule has 0 bridgehead atoms. The average Bonchev–Trinajstić information content (AvgIpc) is 2.98. The highest BCUT2D eigenvalue weighted by atomic mass is 16.3. The molecular weight excluding hydrogens is 330 g/mol. The summed E-state index contributed by atoms with van der Waals surface area (Å²) in [5, 5.41) is 12.7. The first-order chi connectivity index (χ1) is 12.5. The summed E-state index contributed by atoms with van der Waals surface area (Å²) >= 11 is 0. The monoisotopic (exact) mass is 359 g/mol. The van der Waals surface area contributed by atoms with Gasteiger partial charge in [0.25, 0.3) is 0 Å². The number of nitrogens with one attached hydrogen (secondary N) is 1. The van der Waals surface area contributed by atoms with Crippen molar-refractivity contribution in [1.82, 2.24) is 9.80 Å². The van der Waals surface area contributed by atoms with E-state index >= 15 is 0 Å². The quantitative estimate of drug-likeness (QED) is 0.841. The van der Waals surface area contributed by atoms with Gasteiger partial charge in [-0.15, -0.1) is 0 Å². The molecule has 0 radical (unpaired) electrons. The highest BCUT2D eigenvalue weighted by molar-refractivity contribution is 5.99. The van der Waals surface area contributed by atoms with Crippen LogP contribution in [-0.4, -0.2) is 58.5 Å². The van der Waals surface area contributed by atoms with Crippen molar-refractivity contribution < 1.29 is 14.7 Å². The number of hydrogen-bond acceptors (Lipinski definition) is 4. The molecule has 2 amide bonds. The maximum atomic E-state index is 13.0. The normalized spacial score (nSPS) is 24.7. The second-order valence-electron chi connectivity index (χ2n) is 7.49. The van der Waals surface area contributed by atoms with Gasteiger partial charge in [0.05, 0.1) is 6.10 Å². The first kappa shape index (κ1) is 18.9. The second kappa shape index (κ2) is 8.18. The van der Waals surface area contributed by atoms with Gasteiger partial charge in [0.2, 0.25) is 11.8 Å². The van der Waals surface area contributed by atoms with Gasteiger partial charge in [-0.05, 0) is 24.0 Å². The van der Waals surface area contributed by atoms with Crippen LogP contribution >= 0.6 is 0 Å². The van der Waals surface area contributed by atoms with E-state index in [2.05, 4.69) is 10.2 Å². The molecule has 0 aromatic heterocycles. The number of rotatable bonds is 5. The maximum Gasteiger partial charge on any atom is 0.247 e. The summed E-state index contributed by atoms with van der Waals surface area (Å²) in [5.74, 6) is -0.0142. The van der Waals surface area contributed by atoms with Crippen LogP contribution in [-0.2, 0) is 16.1 Å². The third kappa shape index (κ3) is 4.07. The molecule has 2 N–H and O–H groups in total. The number of anilines is 1. The lowest BCUT2D eigenvalue weighted by atomic mass is 9.96. The van der Waals surface area contributed by atoms with Crippen LogP contribution in [0.5, 0.6) is 0 Å². The predicted octanol–water partition coefficient (Wildman–Crippen LogP) is 1.84. The molecule has 0 unspecified atom stereocenters. The van der Waals surface area contributed by atoms with Crippen LogP contribution < -0.4 is 5.32 Å². The van der Waals surface area contributed by atoms with E-state index in [0.717, 1.165) is 30.6 Å². The number of likely N-dealkylation sites (tertiary alicyclic amines) is 1. The maximum absolute atomic E-state index is 13.0. The first-order valence-corrected chi connectivity index (χ1v) is 9.58. The number of carbonyl (C=O) groups is 2. The fourth-order valence-electron chi connectivity index (χ4n) is 3.86. The molecule has 0 aliphatic carbocycles. The molecule has 6 heteroatoms. The van der Waals surface area contributed by atoms with Crippen molar-refractivity contribution in [2.75, 3.05) is 25.0 Å². The van der Waals surface area contributed by atoms with Gasteiger partial charge in [0, 0.05) is 38.3 Å². The molecule has 3 atom stereocenters. The van der Waals surface area contributed by atoms with Crippen LogP contribution in [0.1, 0.15) is 38.7 Å². The van der Waals surface area contributed by atoms with Gasteiger partial charge in [0.1, 0.15) is 6.04 Å². The zero-order chi connectivity index (χ0) is 18.7. The fraction of sp³-hybridized carbons (Fsp3) is 0.600. The number of fused-ring (bicyclic) bond motifs is 1. The molecule has 3 rings (SSSR count). The molecule has 1 fully saturated rings. The van der Waals surface area contributed by atoms with Gasteiger partial charge >= 0.3 is 0 Å². The minimum Gasteiger partial charge on any atom is -0.392 e. The Kier molecular flexibility index (Phi) is 5.94. The Balaban J connectivity index is 1.77. The number of para-hydroxylation sites is 1. The third-order valence-corrected chi connectivity index (χ3v) is 5.61. The molecule has 142 valence electrons. The lowest BCUT2D eigenvalue weighted by Gasteiger charge is -2.33. The molecule has 6 nitrogen and oxygen atoms in total. The number of benzene rings is 1. The molecule has 0 saturated carbocycles. The summed E-state index contributed by atoms with van der Waals surface area (Å²) in [5.41, 5.74) is 1.76. The largest absolute Gasteiger partial charge is 0.392 e. The summed E-state index contributed by atoms with van der Waals surface area (Å²) in [7, 11) is 0. The van der Waals surface area contributed by atoms with Crippen molar-refractivity contribution in [3.63, 3.8) is 0 Å². The second-order valence-corrected chi connectivity index (χ2v) is 7.49. The van der Waals surface area contributed by atoms with Gasteiger partial charge in [0.15, 0.2) is 0 Å². The minimum atomic E-state index is -0.455. The van der Waals surface area contributed by atoms with E-state index in [4.69, 9.17) is 0 Å². The Labute approximate surface area is 155 Å². The number of aliphatic hydroxyl groups excluding tert-OH is 1. The van der Waals surface area contributed by atoms with Crippen molar-refractivity contribution in [1.29, 1.82) is 0 Å². The number of carbonyl (C=O) groups excluding carboxylic acids is 2. The topological polar surface area (TPSA) is 72.9 Å². The van der Waals surface area contributed by atoms with Gasteiger partial charge in [-0.3, -0.25) is 9.59 Å². The predicted molar refractivity (Wildman–Crippen MR) is 101 cm³/mol. The van der Waals surface area contributed by atoms with E-state index in [1.807, 2.05) is 38.1 Å². The first-order valence-electron chi connectivity index (χ1n) is 9.58. The van der Waals surface area contributed by atoms with Gasteiger partial charge < -0.3 is 20.2 Å². The SMILES string of the molecule is CC[C@H](C)[C@H]1C(=O)Nc2ccccc2CN1C(=O)CCN1CC[C@@H](O)C1. The molecule has 1 aromatic rings. The molecule has 2 aliphatic heterocycles. The molecule has 0 spiro atoms. The standard InChI is InChI=1S/C20H29N3O3/c1-3-14(2)19-20(26)21-17-7-5-4-6-15(17)12-23(19)18(25)9-11-22-10-8-16(24)13-22/h4-7,14,16,19,24H,3,8-13H2,1-2H3,(H,21,26)/t14-,16+,19-/m0/s1. The molecule has 2 heterocycles. The Morgan fingerprint density at radius 2 is 2.15 bits per heavy atom.